The van der Waals surface area contributed by atoms with Gasteiger partial charge in [0.2, 0.25) is 5.89 Å². The van der Waals surface area contributed by atoms with Gasteiger partial charge in [0.15, 0.2) is 5.82 Å². The van der Waals surface area contributed by atoms with E-state index in [1.165, 1.54) is 0 Å². The zero-order valence-corrected chi connectivity index (χ0v) is 10.2. The summed E-state index contributed by atoms with van der Waals surface area (Å²) in [6, 6.07) is 0.443. The van der Waals surface area contributed by atoms with Crippen molar-refractivity contribution in [2.45, 2.75) is 44.1 Å². The minimum atomic E-state index is 0.385. The van der Waals surface area contributed by atoms with Gasteiger partial charge in [0.25, 0.3) is 0 Å². The number of nitrogens with zero attached hydrogens (tertiary/aromatic N) is 2. The highest BCUT2D eigenvalue weighted by molar-refractivity contribution is 5.04. The molecule has 2 aliphatic rings. The molecule has 1 aromatic rings. The van der Waals surface area contributed by atoms with Crippen molar-refractivity contribution in [1.82, 2.24) is 15.5 Å². The van der Waals surface area contributed by atoms with Crippen molar-refractivity contribution in [1.29, 1.82) is 0 Å². The highest BCUT2D eigenvalue weighted by atomic mass is 16.5. The maximum atomic E-state index is 5.43. The fourth-order valence-electron chi connectivity index (χ4n) is 2.72. The maximum absolute atomic E-state index is 5.43. The monoisotopic (exact) mass is 237 g/mol. The van der Waals surface area contributed by atoms with Gasteiger partial charge in [-0.3, -0.25) is 0 Å². The van der Waals surface area contributed by atoms with Gasteiger partial charge in [-0.05, 0) is 32.7 Å². The number of rotatable bonds is 2. The molecule has 2 unspecified atom stereocenters. The number of hydrogen-bond donors (Lipinski definition) is 1. The van der Waals surface area contributed by atoms with Crippen molar-refractivity contribution in [2.24, 2.45) is 0 Å². The molecule has 2 atom stereocenters. The number of aromatic nitrogens is 2. The van der Waals surface area contributed by atoms with Gasteiger partial charge in [0.05, 0.1) is 5.92 Å². The molecule has 2 saturated heterocycles. The molecule has 0 aliphatic carbocycles. The summed E-state index contributed by atoms with van der Waals surface area (Å²) < 4.78 is 10.8. The van der Waals surface area contributed by atoms with Crippen LogP contribution in [0.2, 0.25) is 0 Å². The quantitative estimate of drug-likeness (QED) is 0.843. The van der Waals surface area contributed by atoms with E-state index in [2.05, 4.69) is 22.4 Å². The van der Waals surface area contributed by atoms with Crippen LogP contribution in [0.4, 0.5) is 0 Å². The van der Waals surface area contributed by atoms with Crippen molar-refractivity contribution in [2.75, 3.05) is 19.8 Å². The zero-order chi connectivity index (χ0) is 11.7. The molecule has 2 fully saturated rings. The third kappa shape index (κ3) is 2.21. The molecule has 0 spiro atoms. The second kappa shape index (κ2) is 4.74. The van der Waals surface area contributed by atoms with Crippen LogP contribution in [0.1, 0.15) is 49.7 Å². The summed E-state index contributed by atoms with van der Waals surface area (Å²) in [6.07, 6.45) is 3.12. The zero-order valence-electron chi connectivity index (χ0n) is 10.2. The Morgan fingerprint density at radius 1 is 1.24 bits per heavy atom. The van der Waals surface area contributed by atoms with E-state index in [0.29, 0.717) is 17.9 Å². The molecule has 5 nitrogen and oxygen atoms in total. The molecule has 5 heteroatoms. The predicted octanol–water partition coefficient (Wildman–Crippen LogP) is 1.43. The third-order valence-electron chi connectivity index (χ3n) is 3.89. The predicted molar refractivity (Wildman–Crippen MR) is 61.9 cm³/mol. The second-order valence-electron chi connectivity index (χ2n) is 5.02. The van der Waals surface area contributed by atoms with E-state index in [1.807, 2.05) is 0 Å². The first-order chi connectivity index (χ1) is 8.34. The van der Waals surface area contributed by atoms with Crippen molar-refractivity contribution < 1.29 is 9.26 Å². The Hall–Kier alpha value is -0.940. The van der Waals surface area contributed by atoms with Crippen LogP contribution in [0.25, 0.3) is 0 Å². The van der Waals surface area contributed by atoms with Gasteiger partial charge in [0, 0.05) is 25.2 Å². The summed E-state index contributed by atoms with van der Waals surface area (Å²) >= 11 is 0. The normalized spacial score (nSPS) is 30.9. The van der Waals surface area contributed by atoms with Crippen LogP contribution in [-0.2, 0) is 4.74 Å². The first-order valence-electron chi connectivity index (χ1n) is 6.49. The van der Waals surface area contributed by atoms with Gasteiger partial charge in [-0.1, -0.05) is 5.16 Å². The van der Waals surface area contributed by atoms with E-state index in [4.69, 9.17) is 9.26 Å². The molecule has 0 aromatic carbocycles. The lowest BCUT2D eigenvalue weighted by Gasteiger charge is -2.18. The Morgan fingerprint density at radius 2 is 2.06 bits per heavy atom. The largest absolute Gasteiger partial charge is 0.381 e. The van der Waals surface area contributed by atoms with Gasteiger partial charge < -0.3 is 14.6 Å². The van der Waals surface area contributed by atoms with Gasteiger partial charge in [-0.25, -0.2) is 0 Å². The molecule has 1 N–H and O–H groups in total. The smallest absolute Gasteiger partial charge is 0.231 e. The molecule has 3 heterocycles. The van der Waals surface area contributed by atoms with Gasteiger partial charge in [-0.15, -0.1) is 0 Å². The van der Waals surface area contributed by atoms with Crippen LogP contribution in [0.5, 0.6) is 0 Å². The Labute approximate surface area is 101 Å². The molecular formula is C12H19N3O2. The fraction of sp³-hybridized carbons (Fsp3) is 0.833. The lowest BCUT2D eigenvalue weighted by Crippen LogP contribution is -2.21. The third-order valence-corrected chi connectivity index (χ3v) is 3.89. The SMILES string of the molecule is CC1NCCC1c1nc(C2CCOCC2)no1. The van der Waals surface area contributed by atoms with E-state index in [-0.39, 0.29) is 0 Å². The molecule has 94 valence electrons. The molecule has 0 saturated carbocycles. The minimum absolute atomic E-state index is 0.385. The van der Waals surface area contributed by atoms with Crippen molar-refractivity contribution in [3.8, 4) is 0 Å². The Kier molecular flexibility index (Phi) is 3.11. The van der Waals surface area contributed by atoms with E-state index < -0.39 is 0 Å². The molecule has 0 radical (unpaired) electrons. The summed E-state index contributed by atoms with van der Waals surface area (Å²) in [5.74, 6) is 2.49. The van der Waals surface area contributed by atoms with Gasteiger partial charge in [0.1, 0.15) is 0 Å². The summed E-state index contributed by atoms with van der Waals surface area (Å²) in [7, 11) is 0. The van der Waals surface area contributed by atoms with Crippen LogP contribution >= 0.6 is 0 Å². The first-order valence-corrected chi connectivity index (χ1v) is 6.49. The lowest BCUT2D eigenvalue weighted by atomic mass is 9.99. The average Bonchev–Trinajstić information content (AvgIpc) is 2.98. The second-order valence-corrected chi connectivity index (χ2v) is 5.02. The molecule has 1 aromatic heterocycles. The molecule has 3 rings (SSSR count). The summed E-state index contributed by atoms with van der Waals surface area (Å²) in [4.78, 5) is 4.59. The molecule has 17 heavy (non-hydrogen) atoms. The first kappa shape index (κ1) is 11.2. The van der Waals surface area contributed by atoms with E-state index in [0.717, 1.165) is 50.7 Å². The van der Waals surface area contributed by atoms with Crippen LogP contribution in [0.3, 0.4) is 0 Å². The Bertz CT molecular complexity index is 374. The molecule has 2 aliphatic heterocycles. The average molecular weight is 237 g/mol. The van der Waals surface area contributed by atoms with Crippen LogP contribution in [0, 0.1) is 0 Å². The van der Waals surface area contributed by atoms with E-state index in [1.54, 1.807) is 0 Å². The van der Waals surface area contributed by atoms with Crippen molar-refractivity contribution in [3.05, 3.63) is 11.7 Å². The van der Waals surface area contributed by atoms with E-state index in [9.17, 15) is 0 Å². The van der Waals surface area contributed by atoms with E-state index >= 15 is 0 Å². The highest BCUT2D eigenvalue weighted by Gasteiger charge is 2.30. The Balaban J connectivity index is 1.73. The fourth-order valence-corrected chi connectivity index (χ4v) is 2.72. The van der Waals surface area contributed by atoms with Gasteiger partial charge in [-0.2, -0.15) is 4.98 Å². The van der Waals surface area contributed by atoms with Crippen LogP contribution in [0.15, 0.2) is 4.52 Å². The van der Waals surface area contributed by atoms with Gasteiger partial charge >= 0.3 is 0 Å². The number of nitrogens with one attached hydrogen (secondary N) is 1. The number of hydrogen-bond acceptors (Lipinski definition) is 5. The lowest BCUT2D eigenvalue weighted by molar-refractivity contribution is 0.0830. The standard InChI is InChI=1S/C12H19N3O2/c1-8-10(2-5-13-8)12-14-11(15-17-12)9-3-6-16-7-4-9/h8-10,13H,2-7H2,1H3. The van der Waals surface area contributed by atoms with Crippen LogP contribution < -0.4 is 5.32 Å². The molecule has 0 amide bonds. The molecular weight excluding hydrogens is 218 g/mol. The van der Waals surface area contributed by atoms with Crippen LogP contribution in [-0.4, -0.2) is 35.9 Å². The summed E-state index contributed by atoms with van der Waals surface area (Å²) in [5, 5.41) is 7.56. The maximum Gasteiger partial charge on any atom is 0.231 e. The number of ether oxygens (including phenoxy) is 1. The highest BCUT2D eigenvalue weighted by Crippen LogP contribution is 2.29. The molecule has 0 bridgehead atoms. The Morgan fingerprint density at radius 3 is 2.76 bits per heavy atom. The topological polar surface area (TPSA) is 60.2 Å². The van der Waals surface area contributed by atoms with Crippen molar-refractivity contribution in [3.63, 3.8) is 0 Å². The minimum Gasteiger partial charge on any atom is -0.381 e. The summed E-state index contributed by atoms with van der Waals surface area (Å²) in [6.45, 7) is 4.85. The van der Waals surface area contributed by atoms with Crippen molar-refractivity contribution >= 4 is 0 Å². The summed E-state index contributed by atoms with van der Waals surface area (Å²) in [5.41, 5.74) is 0.